The molecule has 0 aromatic heterocycles. The van der Waals surface area contributed by atoms with Crippen LogP contribution in [0, 0.1) is 0 Å². The minimum absolute atomic E-state index is 0.0132. The Morgan fingerprint density at radius 2 is 1.44 bits per heavy atom. The highest BCUT2D eigenvalue weighted by atomic mass is 16.5. The predicted molar refractivity (Wildman–Crippen MR) is 99.5 cm³/mol. The van der Waals surface area contributed by atoms with Crippen LogP contribution in [0.25, 0.3) is 11.1 Å². The van der Waals surface area contributed by atoms with E-state index in [1.54, 1.807) is 24.3 Å². The van der Waals surface area contributed by atoms with Gasteiger partial charge in [-0.1, -0.05) is 24.3 Å². The molecule has 0 aliphatic rings. The van der Waals surface area contributed by atoms with Gasteiger partial charge in [0.25, 0.3) is 0 Å². The molecule has 0 amide bonds. The van der Waals surface area contributed by atoms with Gasteiger partial charge in [-0.15, -0.1) is 0 Å². The summed E-state index contributed by atoms with van der Waals surface area (Å²) in [5.41, 5.74) is 19.2. The number of nitrogens with zero attached hydrogens (tertiary/aromatic N) is 2. The number of hydrogen-bond acceptors (Lipinski definition) is 3. The normalized spacial score (nSPS) is 11.2. The molecule has 25 heavy (non-hydrogen) atoms. The molecule has 0 bridgehead atoms. The quantitative estimate of drug-likeness (QED) is 0.446. The number of hydrogen-bond donors (Lipinski definition) is 3. The van der Waals surface area contributed by atoms with Crippen molar-refractivity contribution < 1.29 is 9.53 Å². The highest BCUT2D eigenvalue weighted by Crippen LogP contribution is 2.23. The molecule has 0 aliphatic heterocycles. The number of carbonyl (C=O) groups excluding carboxylic acids is 1. The van der Waals surface area contributed by atoms with Gasteiger partial charge in [0.1, 0.15) is 0 Å². The predicted octanol–water partition coefficient (Wildman–Crippen LogP) is 2.14. The fourth-order valence-corrected chi connectivity index (χ4v) is 2.10. The standard InChI is InChI=1S/C18H21N5O2/c1-11(2)25-16(24)14-5-3-12(4-6-14)13-7-9-15(10-8-13)22-18(21)23-17(19)20/h3-11H,1-2H3,(H6,19,20,21,22,23). The van der Waals surface area contributed by atoms with Crippen LogP contribution in [0.5, 0.6) is 0 Å². The number of aliphatic imine (C=N–C) groups is 2. The van der Waals surface area contributed by atoms with Crippen LogP contribution >= 0.6 is 0 Å². The van der Waals surface area contributed by atoms with Crippen molar-refractivity contribution in [1.29, 1.82) is 0 Å². The van der Waals surface area contributed by atoms with Gasteiger partial charge in [0.05, 0.1) is 17.4 Å². The van der Waals surface area contributed by atoms with E-state index < -0.39 is 0 Å². The van der Waals surface area contributed by atoms with Crippen molar-refractivity contribution in [3.63, 3.8) is 0 Å². The molecular weight excluding hydrogens is 318 g/mol. The van der Waals surface area contributed by atoms with Crippen LogP contribution in [-0.4, -0.2) is 24.0 Å². The Kier molecular flexibility index (Phi) is 5.73. The molecule has 0 saturated carbocycles. The van der Waals surface area contributed by atoms with Crippen molar-refractivity contribution in [1.82, 2.24) is 0 Å². The Balaban J connectivity index is 2.15. The molecule has 2 aromatic rings. The third kappa shape index (κ3) is 5.35. The molecular formula is C18H21N5O2. The molecule has 2 rings (SSSR count). The summed E-state index contributed by atoms with van der Waals surface area (Å²) in [6, 6.07) is 14.6. The maximum Gasteiger partial charge on any atom is 0.338 e. The molecule has 0 spiro atoms. The molecule has 7 nitrogen and oxygen atoms in total. The smallest absolute Gasteiger partial charge is 0.338 e. The lowest BCUT2D eigenvalue weighted by Gasteiger charge is -2.08. The van der Waals surface area contributed by atoms with Crippen LogP contribution < -0.4 is 17.2 Å². The summed E-state index contributed by atoms with van der Waals surface area (Å²) >= 11 is 0. The first-order valence-corrected chi connectivity index (χ1v) is 7.70. The second-order valence-electron chi connectivity index (χ2n) is 5.58. The van der Waals surface area contributed by atoms with Crippen LogP contribution in [-0.2, 0) is 4.74 Å². The average molecular weight is 339 g/mol. The van der Waals surface area contributed by atoms with Crippen molar-refractivity contribution in [3.8, 4) is 11.1 Å². The Labute approximate surface area is 146 Å². The molecule has 0 fully saturated rings. The number of ether oxygens (including phenoxy) is 1. The lowest BCUT2D eigenvalue weighted by Crippen LogP contribution is -2.26. The zero-order valence-electron chi connectivity index (χ0n) is 14.1. The maximum absolute atomic E-state index is 11.8. The second kappa shape index (κ2) is 7.96. The van der Waals surface area contributed by atoms with Gasteiger partial charge in [-0.2, -0.15) is 4.99 Å². The zero-order valence-corrected chi connectivity index (χ0v) is 14.1. The Bertz CT molecular complexity index is 789. The first-order chi connectivity index (χ1) is 11.8. The highest BCUT2D eigenvalue weighted by molar-refractivity contribution is 5.93. The number of rotatable bonds is 4. The van der Waals surface area contributed by atoms with E-state index in [4.69, 9.17) is 21.9 Å². The summed E-state index contributed by atoms with van der Waals surface area (Å²) in [4.78, 5) is 19.6. The fraction of sp³-hybridized carbons (Fsp3) is 0.167. The molecule has 0 saturated heterocycles. The van der Waals surface area contributed by atoms with Gasteiger partial charge in [0.2, 0.25) is 5.96 Å². The third-order valence-corrected chi connectivity index (χ3v) is 3.15. The van der Waals surface area contributed by atoms with E-state index in [-0.39, 0.29) is 24.0 Å². The van der Waals surface area contributed by atoms with Crippen LogP contribution in [0.4, 0.5) is 5.69 Å². The van der Waals surface area contributed by atoms with E-state index in [0.717, 1.165) is 11.1 Å². The second-order valence-corrected chi connectivity index (χ2v) is 5.58. The summed E-state index contributed by atoms with van der Waals surface area (Å²) in [5, 5.41) is 0. The third-order valence-electron chi connectivity index (χ3n) is 3.15. The Hall–Kier alpha value is -3.35. The van der Waals surface area contributed by atoms with Gasteiger partial charge in [-0.3, -0.25) is 0 Å². The van der Waals surface area contributed by atoms with E-state index in [2.05, 4.69) is 9.98 Å². The van der Waals surface area contributed by atoms with E-state index in [1.807, 2.05) is 38.1 Å². The van der Waals surface area contributed by atoms with Gasteiger partial charge in [-0.05, 0) is 49.2 Å². The Morgan fingerprint density at radius 3 is 1.92 bits per heavy atom. The SMILES string of the molecule is CC(C)OC(=O)c1ccc(-c2ccc(N=C(N)N=C(N)N)cc2)cc1. The van der Waals surface area contributed by atoms with Crippen LogP contribution in [0.3, 0.4) is 0 Å². The molecule has 0 atom stereocenters. The number of esters is 1. The van der Waals surface area contributed by atoms with Crippen molar-refractivity contribution in [2.24, 2.45) is 27.2 Å². The monoisotopic (exact) mass is 339 g/mol. The van der Waals surface area contributed by atoms with Gasteiger partial charge < -0.3 is 21.9 Å². The lowest BCUT2D eigenvalue weighted by molar-refractivity contribution is 0.0378. The summed E-state index contributed by atoms with van der Waals surface area (Å²) in [7, 11) is 0. The van der Waals surface area contributed by atoms with Crippen molar-refractivity contribution in [2.45, 2.75) is 20.0 Å². The van der Waals surface area contributed by atoms with Crippen LogP contribution in [0.15, 0.2) is 58.5 Å². The number of nitrogens with two attached hydrogens (primary N) is 3. The van der Waals surface area contributed by atoms with E-state index in [1.165, 1.54) is 0 Å². The van der Waals surface area contributed by atoms with Gasteiger partial charge in [-0.25, -0.2) is 9.79 Å². The minimum Gasteiger partial charge on any atom is -0.459 e. The Morgan fingerprint density at radius 1 is 0.920 bits per heavy atom. The van der Waals surface area contributed by atoms with Crippen molar-refractivity contribution in [3.05, 3.63) is 54.1 Å². The summed E-state index contributed by atoms with van der Waals surface area (Å²) in [6.45, 7) is 3.63. The van der Waals surface area contributed by atoms with Crippen molar-refractivity contribution in [2.75, 3.05) is 0 Å². The highest BCUT2D eigenvalue weighted by Gasteiger charge is 2.09. The molecule has 0 radical (unpaired) electrons. The molecule has 130 valence electrons. The number of benzene rings is 2. The van der Waals surface area contributed by atoms with E-state index in [0.29, 0.717) is 11.3 Å². The maximum atomic E-state index is 11.8. The summed E-state index contributed by atoms with van der Waals surface area (Å²) in [5.74, 6) is -0.490. The molecule has 2 aromatic carbocycles. The number of guanidine groups is 2. The largest absolute Gasteiger partial charge is 0.459 e. The topological polar surface area (TPSA) is 129 Å². The van der Waals surface area contributed by atoms with Crippen molar-refractivity contribution >= 4 is 23.6 Å². The van der Waals surface area contributed by atoms with Gasteiger partial charge in [0.15, 0.2) is 5.96 Å². The fourth-order valence-electron chi connectivity index (χ4n) is 2.10. The molecule has 6 N–H and O–H groups in total. The first-order valence-electron chi connectivity index (χ1n) is 7.70. The first kappa shape index (κ1) is 18.0. The van der Waals surface area contributed by atoms with E-state index >= 15 is 0 Å². The molecule has 0 heterocycles. The minimum atomic E-state index is -0.332. The van der Waals surface area contributed by atoms with Gasteiger partial charge >= 0.3 is 5.97 Å². The van der Waals surface area contributed by atoms with Crippen LogP contribution in [0.2, 0.25) is 0 Å². The summed E-state index contributed by atoms with van der Waals surface area (Å²) in [6.07, 6.45) is -0.147. The number of carbonyl (C=O) groups is 1. The van der Waals surface area contributed by atoms with E-state index in [9.17, 15) is 4.79 Å². The molecule has 0 aliphatic carbocycles. The zero-order chi connectivity index (χ0) is 18.4. The molecule has 0 unspecified atom stereocenters. The summed E-state index contributed by atoms with van der Waals surface area (Å²) < 4.78 is 5.17. The van der Waals surface area contributed by atoms with Gasteiger partial charge in [0, 0.05) is 0 Å². The molecule has 7 heteroatoms. The van der Waals surface area contributed by atoms with Crippen LogP contribution in [0.1, 0.15) is 24.2 Å². The average Bonchev–Trinajstić information content (AvgIpc) is 2.54. The lowest BCUT2D eigenvalue weighted by atomic mass is 10.0.